The van der Waals surface area contributed by atoms with E-state index in [2.05, 4.69) is 66.9 Å². The van der Waals surface area contributed by atoms with Crippen LogP contribution in [0.4, 0.5) is 0 Å². The summed E-state index contributed by atoms with van der Waals surface area (Å²) in [6.45, 7) is 4.54. The van der Waals surface area contributed by atoms with E-state index in [1.165, 1.54) is 16.8 Å². The van der Waals surface area contributed by atoms with Gasteiger partial charge in [-0.2, -0.15) is 0 Å². The summed E-state index contributed by atoms with van der Waals surface area (Å²) in [4.78, 5) is 4.35. The van der Waals surface area contributed by atoms with Crippen molar-refractivity contribution in [3.05, 3.63) is 64.9 Å². The molecule has 0 aliphatic carbocycles. The first-order chi connectivity index (χ1) is 10.6. The SMILES string of the molecule is CCC1=[N+](C)[C@@H](C)CC1(c1ccccc1)c1ccc(Cl)nc1. The van der Waals surface area contributed by atoms with Crippen molar-refractivity contribution in [3.8, 4) is 0 Å². The third-order valence-electron chi connectivity index (χ3n) is 5.00. The average Bonchev–Trinajstić information content (AvgIpc) is 2.81. The lowest BCUT2D eigenvalue weighted by atomic mass is 9.69. The van der Waals surface area contributed by atoms with Crippen molar-refractivity contribution in [1.82, 2.24) is 4.98 Å². The Kier molecular flexibility index (Phi) is 4.05. The highest BCUT2D eigenvalue weighted by Gasteiger charge is 2.51. The van der Waals surface area contributed by atoms with Gasteiger partial charge in [0.25, 0.3) is 0 Å². The number of hydrogen-bond donors (Lipinski definition) is 0. The van der Waals surface area contributed by atoms with Crippen LogP contribution in [0.25, 0.3) is 0 Å². The van der Waals surface area contributed by atoms with Crippen molar-refractivity contribution >= 4 is 17.3 Å². The largest absolute Gasteiger partial charge is 0.244 e. The van der Waals surface area contributed by atoms with Gasteiger partial charge in [0.05, 0.1) is 0 Å². The quantitative estimate of drug-likeness (QED) is 0.609. The summed E-state index contributed by atoms with van der Waals surface area (Å²) in [5.41, 5.74) is 3.93. The van der Waals surface area contributed by atoms with Gasteiger partial charge >= 0.3 is 0 Å². The number of hydrogen-bond acceptors (Lipinski definition) is 1. The minimum Gasteiger partial charge on any atom is -0.244 e. The zero-order valence-corrected chi connectivity index (χ0v) is 14.1. The van der Waals surface area contributed by atoms with E-state index in [1.54, 1.807) is 0 Å². The van der Waals surface area contributed by atoms with Gasteiger partial charge in [-0.15, -0.1) is 0 Å². The maximum atomic E-state index is 6.01. The van der Waals surface area contributed by atoms with Crippen LogP contribution in [0.15, 0.2) is 48.7 Å². The van der Waals surface area contributed by atoms with Gasteiger partial charge in [-0.25, -0.2) is 9.56 Å². The van der Waals surface area contributed by atoms with Crippen molar-refractivity contribution in [2.45, 2.75) is 38.1 Å². The Hall–Kier alpha value is -1.67. The third kappa shape index (κ3) is 2.26. The number of benzene rings is 1. The molecule has 2 aromatic rings. The number of halogens is 1. The van der Waals surface area contributed by atoms with Crippen LogP contribution in [0.5, 0.6) is 0 Å². The van der Waals surface area contributed by atoms with Gasteiger partial charge in [0.15, 0.2) is 11.8 Å². The van der Waals surface area contributed by atoms with Crippen LogP contribution < -0.4 is 0 Å². The fourth-order valence-corrected chi connectivity index (χ4v) is 4.01. The lowest BCUT2D eigenvalue weighted by Gasteiger charge is -2.28. The summed E-state index contributed by atoms with van der Waals surface area (Å²) in [6.07, 6.45) is 4.04. The maximum absolute atomic E-state index is 6.01. The highest BCUT2D eigenvalue weighted by molar-refractivity contribution is 6.29. The Labute approximate surface area is 137 Å². The normalized spacial score (nSPS) is 24.8. The fourth-order valence-electron chi connectivity index (χ4n) is 3.90. The molecule has 0 saturated carbocycles. The third-order valence-corrected chi connectivity index (χ3v) is 5.23. The van der Waals surface area contributed by atoms with E-state index >= 15 is 0 Å². The highest BCUT2D eigenvalue weighted by atomic mass is 35.5. The zero-order valence-electron chi connectivity index (χ0n) is 13.4. The standard InChI is InChI=1S/C19H22ClN2/c1-4-17-19(12-14(2)22(17)3,15-8-6-5-7-9-15)16-10-11-18(20)21-13-16/h5-11,13-14H,4,12H2,1-3H3/q+1/t14-,19?/m0/s1. The Bertz CT molecular complexity index is 691. The number of rotatable bonds is 3. The molecular formula is C19H22ClN2+. The Morgan fingerprint density at radius 2 is 1.91 bits per heavy atom. The Balaban J connectivity index is 2.27. The lowest BCUT2D eigenvalue weighted by molar-refractivity contribution is -0.526. The predicted octanol–water partition coefficient (Wildman–Crippen LogP) is 4.31. The van der Waals surface area contributed by atoms with Crippen LogP contribution in [-0.2, 0) is 5.41 Å². The molecule has 0 N–H and O–H groups in total. The Morgan fingerprint density at radius 1 is 1.18 bits per heavy atom. The molecule has 0 spiro atoms. The molecule has 1 aliphatic heterocycles. The van der Waals surface area contributed by atoms with Gasteiger partial charge in [0.2, 0.25) is 0 Å². The second-order valence-corrected chi connectivity index (χ2v) is 6.49. The number of aromatic nitrogens is 1. The second-order valence-electron chi connectivity index (χ2n) is 6.11. The van der Waals surface area contributed by atoms with E-state index in [-0.39, 0.29) is 5.41 Å². The van der Waals surface area contributed by atoms with Crippen LogP contribution in [-0.4, -0.2) is 28.4 Å². The minimum atomic E-state index is -0.0955. The topological polar surface area (TPSA) is 15.9 Å². The molecule has 1 aromatic heterocycles. The molecule has 1 aromatic carbocycles. The molecule has 22 heavy (non-hydrogen) atoms. The molecule has 114 valence electrons. The van der Waals surface area contributed by atoms with Crippen molar-refractivity contribution in [1.29, 1.82) is 0 Å². The van der Waals surface area contributed by atoms with Crippen molar-refractivity contribution in [2.75, 3.05) is 7.05 Å². The molecule has 0 fully saturated rings. The van der Waals surface area contributed by atoms with Gasteiger partial charge in [0, 0.05) is 19.0 Å². The first-order valence-corrected chi connectivity index (χ1v) is 8.24. The van der Waals surface area contributed by atoms with Gasteiger partial charge in [-0.05, 0) is 24.1 Å². The Morgan fingerprint density at radius 3 is 2.50 bits per heavy atom. The molecule has 1 aliphatic rings. The molecule has 3 rings (SSSR count). The molecule has 2 heterocycles. The van der Waals surface area contributed by atoms with E-state index in [9.17, 15) is 0 Å². The first kappa shape index (κ1) is 15.2. The van der Waals surface area contributed by atoms with Crippen LogP contribution in [0, 0.1) is 0 Å². The van der Waals surface area contributed by atoms with Crippen LogP contribution in [0.1, 0.15) is 37.8 Å². The highest BCUT2D eigenvalue weighted by Crippen LogP contribution is 2.43. The summed E-state index contributed by atoms with van der Waals surface area (Å²) in [7, 11) is 2.21. The van der Waals surface area contributed by atoms with Crippen molar-refractivity contribution in [2.24, 2.45) is 0 Å². The summed E-state index contributed by atoms with van der Waals surface area (Å²) in [5.74, 6) is 0. The van der Waals surface area contributed by atoms with E-state index in [4.69, 9.17) is 11.6 Å². The smallest absolute Gasteiger partial charge is 0.167 e. The molecule has 0 amide bonds. The summed E-state index contributed by atoms with van der Waals surface area (Å²) in [5, 5.41) is 0.546. The van der Waals surface area contributed by atoms with Crippen LogP contribution in [0.3, 0.4) is 0 Å². The van der Waals surface area contributed by atoms with Crippen molar-refractivity contribution in [3.63, 3.8) is 0 Å². The number of pyridine rings is 1. The molecule has 0 bridgehead atoms. The first-order valence-electron chi connectivity index (χ1n) is 7.86. The zero-order chi connectivity index (χ0) is 15.7. The maximum Gasteiger partial charge on any atom is 0.167 e. The molecular weight excluding hydrogens is 292 g/mol. The number of nitrogens with zero attached hydrogens (tertiary/aromatic N) is 2. The van der Waals surface area contributed by atoms with Gasteiger partial charge in [-0.3, -0.25) is 0 Å². The second kappa shape index (κ2) is 5.85. The van der Waals surface area contributed by atoms with Crippen LogP contribution >= 0.6 is 11.6 Å². The lowest BCUT2D eigenvalue weighted by Crippen LogP contribution is -2.35. The summed E-state index contributed by atoms with van der Waals surface area (Å²) >= 11 is 6.01. The fraction of sp³-hybridized carbons (Fsp3) is 0.368. The van der Waals surface area contributed by atoms with Gasteiger partial charge < -0.3 is 0 Å². The molecule has 2 nitrogen and oxygen atoms in total. The molecule has 0 radical (unpaired) electrons. The van der Waals surface area contributed by atoms with Crippen molar-refractivity contribution < 1.29 is 4.58 Å². The molecule has 3 heteroatoms. The monoisotopic (exact) mass is 313 g/mol. The van der Waals surface area contributed by atoms with E-state index < -0.39 is 0 Å². The molecule has 1 unspecified atom stereocenters. The molecule has 2 atom stereocenters. The van der Waals surface area contributed by atoms with E-state index in [1.807, 2.05) is 12.3 Å². The minimum absolute atomic E-state index is 0.0955. The predicted molar refractivity (Wildman–Crippen MR) is 92.0 cm³/mol. The van der Waals surface area contributed by atoms with Gasteiger partial charge in [-0.1, -0.05) is 54.9 Å². The molecule has 0 saturated heterocycles. The average molecular weight is 314 g/mol. The summed E-state index contributed by atoms with van der Waals surface area (Å²) < 4.78 is 2.43. The summed E-state index contributed by atoms with van der Waals surface area (Å²) in [6, 6.07) is 15.3. The van der Waals surface area contributed by atoms with E-state index in [0.717, 1.165) is 12.8 Å². The van der Waals surface area contributed by atoms with Gasteiger partial charge in [0.1, 0.15) is 17.6 Å². The van der Waals surface area contributed by atoms with Crippen LogP contribution in [0.2, 0.25) is 5.15 Å². The van der Waals surface area contributed by atoms with E-state index in [0.29, 0.717) is 11.2 Å².